The van der Waals surface area contributed by atoms with Gasteiger partial charge in [0.05, 0.1) is 19.3 Å². The lowest BCUT2D eigenvalue weighted by atomic mass is 10.0. The Kier molecular flexibility index (Phi) is 4.84. The van der Waals surface area contributed by atoms with Crippen molar-refractivity contribution in [2.45, 2.75) is 51.1 Å². The summed E-state index contributed by atoms with van der Waals surface area (Å²) in [4.78, 5) is 21.0. The third-order valence-electron chi connectivity index (χ3n) is 5.95. The van der Waals surface area contributed by atoms with Crippen molar-refractivity contribution in [2.75, 3.05) is 12.0 Å². The Bertz CT molecular complexity index is 998. The molecule has 6 nitrogen and oxygen atoms in total. The monoisotopic (exact) mass is 387 g/mol. The van der Waals surface area contributed by atoms with Gasteiger partial charge in [-0.1, -0.05) is 25.0 Å². The van der Waals surface area contributed by atoms with Crippen LogP contribution in [0.15, 0.2) is 42.7 Å². The van der Waals surface area contributed by atoms with E-state index < -0.39 is 0 Å². The van der Waals surface area contributed by atoms with Crippen LogP contribution in [0.3, 0.4) is 0 Å². The Hall–Kier alpha value is -3.02. The lowest BCUT2D eigenvalue weighted by molar-refractivity contribution is 0.414. The molecule has 148 valence electrons. The van der Waals surface area contributed by atoms with Crippen molar-refractivity contribution >= 4 is 5.95 Å². The highest BCUT2D eigenvalue weighted by atomic mass is 16.5. The van der Waals surface area contributed by atoms with Crippen molar-refractivity contribution in [3.8, 4) is 5.75 Å². The van der Waals surface area contributed by atoms with Crippen molar-refractivity contribution in [1.82, 2.24) is 19.9 Å². The summed E-state index contributed by atoms with van der Waals surface area (Å²) in [6.45, 7) is 1.51. The summed E-state index contributed by atoms with van der Waals surface area (Å²) in [5.74, 6) is 3.11. The highest BCUT2D eigenvalue weighted by molar-refractivity contribution is 5.40. The number of hydrogen-bond donors (Lipinski definition) is 0. The normalized spacial score (nSPS) is 16.2. The number of fused-ring (bicyclic) bond motifs is 1. The van der Waals surface area contributed by atoms with Gasteiger partial charge in [-0.2, -0.15) is 0 Å². The Labute approximate surface area is 171 Å². The maximum atomic E-state index is 5.23. The molecule has 1 aromatic carbocycles. The van der Waals surface area contributed by atoms with Crippen LogP contribution in [-0.2, 0) is 19.5 Å². The van der Waals surface area contributed by atoms with Crippen LogP contribution >= 0.6 is 0 Å². The van der Waals surface area contributed by atoms with Crippen LogP contribution in [-0.4, -0.2) is 27.0 Å². The summed E-state index contributed by atoms with van der Waals surface area (Å²) < 4.78 is 5.23. The van der Waals surface area contributed by atoms with Gasteiger partial charge in [-0.15, -0.1) is 0 Å². The van der Waals surface area contributed by atoms with E-state index in [9.17, 15) is 0 Å². The molecule has 1 fully saturated rings. The van der Waals surface area contributed by atoms with Crippen LogP contribution in [0, 0.1) is 0 Å². The number of benzene rings is 1. The van der Waals surface area contributed by atoms with E-state index in [2.05, 4.69) is 33.1 Å². The van der Waals surface area contributed by atoms with Gasteiger partial charge in [0.15, 0.2) is 0 Å². The number of rotatable bonds is 5. The quantitative estimate of drug-likeness (QED) is 0.658. The second-order valence-electron chi connectivity index (χ2n) is 7.90. The van der Waals surface area contributed by atoms with Crippen LogP contribution in [0.5, 0.6) is 5.75 Å². The molecule has 3 heterocycles. The van der Waals surface area contributed by atoms with Crippen LogP contribution in [0.1, 0.15) is 59.9 Å². The predicted molar refractivity (Wildman–Crippen MR) is 111 cm³/mol. The summed E-state index contributed by atoms with van der Waals surface area (Å²) in [5, 5.41) is 0. The maximum absolute atomic E-state index is 5.23. The number of methoxy groups -OCH3 is 1. The van der Waals surface area contributed by atoms with Crippen LogP contribution < -0.4 is 9.64 Å². The zero-order valence-electron chi connectivity index (χ0n) is 16.7. The van der Waals surface area contributed by atoms with E-state index in [0.717, 1.165) is 36.3 Å². The number of aromatic nitrogens is 4. The molecule has 0 unspecified atom stereocenters. The molecule has 0 radical (unpaired) electrons. The molecule has 0 bridgehead atoms. The van der Waals surface area contributed by atoms with Crippen molar-refractivity contribution in [1.29, 1.82) is 0 Å². The van der Waals surface area contributed by atoms with Crippen molar-refractivity contribution < 1.29 is 4.74 Å². The number of nitrogens with zero attached hydrogens (tertiary/aromatic N) is 5. The first kappa shape index (κ1) is 18.0. The topological polar surface area (TPSA) is 64.0 Å². The van der Waals surface area contributed by atoms with E-state index in [1.165, 1.54) is 42.5 Å². The predicted octanol–water partition coefficient (Wildman–Crippen LogP) is 4.04. The molecule has 29 heavy (non-hydrogen) atoms. The summed E-state index contributed by atoms with van der Waals surface area (Å²) in [6, 6.07) is 10.1. The third-order valence-corrected chi connectivity index (χ3v) is 5.95. The van der Waals surface area contributed by atoms with E-state index in [1.54, 1.807) is 7.11 Å². The zero-order valence-corrected chi connectivity index (χ0v) is 16.7. The largest absolute Gasteiger partial charge is 0.497 e. The Morgan fingerprint density at radius 2 is 1.83 bits per heavy atom. The van der Waals surface area contributed by atoms with Gasteiger partial charge in [0.2, 0.25) is 5.95 Å². The smallest absolute Gasteiger partial charge is 0.226 e. The fourth-order valence-electron chi connectivity index (χ4n) is 4.31. The van der Waals surface area contributed by atoms with E-state index in [4.69, 9.17) is 14.7 Å². The van der Waals surface area contributed by atoms with Gasteiger partial charge in [-0.05, 0) is 36.6 Å². The molecule has 0 atom stereocenters. The van der Waals surface area contributed by atoms with Gasteiger partial charge in [0, 0.05) is 42.5 Å². The summed E-state index contributed by atoms with van der Waals surface area (Å²) in [7, 11) is 1.68. The third kappa shape index (κ3) is 3.79. The first-order chi connectivity index (χ1) is 14.3. The average molecular weight is 387 g/mol. The summed E-state index contributed by atoms with van der Waals surface area (Å²) in [5.41, 5.74) is 4.61. The SMILES string of the molecule is COc1ccc(Cc2ncc3c(n2)CN(c2nccc(C4CCCC4)n2)C3)cc1. The van der Waals surface area contributed by atoms with Crippen LogP contribution in [0.2, 0.25) is 0 Å². The second-order valence-corrected chi connectivity index (χ2v) is 7.90. The molecule has 1 aliphatic heterocycles. The minimum absolute atomic E-state index is 0.595. The van der Waals surface area contributed by atoms with Crippen LogP contribution in [0.25, 0.3) is 0 Å². The van der Waals surface area contributed by atoms with Crippen LogP contribution in [0.4, 0.5) is 5.95 Å². The minimum Gasteiger partial charge on any atom is -0.497 e. The molecule has 1 aliphatic carbocycles. The molecule has 6 heteroatoms. The second kappa shape index (κ2) is 7.78. The molecule has 2 aliphatic rings. The highest BCUT2D eigenvalue weighted by Gasteiger charge is 2.25. The van der Waals surface area contributed by atoms with Gasteiger partial charge in [0.1, 0.15) is 11.6 Å². The van der Waals surface area contributed by atoms with E-state index in [-0.39, 0.29) is 0 Å². The van der Waals surface area contributed by atoms with Crippen molar-refractivity contribution in [3.63, 3.8) is 0 Å². The first-order valence-electron chi connectivity index (χ1n) is 10.3. The molecule has 2 aromatic heterocycles. The Balaban J connectivity index is 1.31. The number of ether oxygens (including phenoxy) is 1. The number of hydrogen-bond acceptors (Lipinski definition) is 6. The summed E-state index contributed by atoms with van der Waals surface area (Å²) >= 11 is 0. The Morgan fingerprint density at radius 1 is 1.00 bits per heavy atom. The zero-order chi connectivity index (χ0) is 19.6. The highest BCUT2D eigenvalue weighted by Crippen LogP contribution is 2.34. The van der Waals surface area contributed by atoms with Gasteiger partial charge in [0.25, 0.3) is 0 Å². The lowest BCUT2D eigenvalue weighted by Gasteiger charge is -2.17. The van der Waals surface area contributed by atoms with Gasteiger partial charge < -0.3 is 9.64 Å². The van der Waals surface area contributed by atoms with Gasteiger partial charge in [-0.3, -0.25) is 0 Å². The van der Waals surface area contributed by atoms with E-state index >= 15 is 0 Å². The van der Waals surface area contributed by atoms with Crippen molar-refractivity contribution in [2.24, 2.45) is 0 Å². The summed E-state index contributed by atoms with van der Waals surface area (Å²) in [6.07, 6.45) is 9.69. The molecule has 5 rings (SSSR count). The van der Waals surface area contributed by atoms with E-state index in [1.807, 2.05) is 24.5 Å². The van der Waals surface area contributed by atoms with Crippen molar-refractivity contribution in [3.05, 3.63) is 71.1 Å². The molecule has 0 spiro atoms. The van der Waals surface area contributed by atoms with E-state index in [0.29, 0.717) is 12.3 Å². The lowest BCUT2D eigenvalue weighted by Crippen LogP contribution is -2.18. The first-order valence-corrected chi connectivity index (χ1v) is 10.3. The fourth-order valence-corrected chi connectivity index (χ4v) is 4.31. The minimum atomic E-state index is 0.595. The molecule has 3 aromatic rings. The number of anilines is 1. The standard InChI is InChI=1S/C23H25N5O/c1-29-19-8-6-16(7-9-19)12-22-25-13-18-14-28(15-21(18)26-22)23-24-11-10-20(27-23)17-4-2-3-5-17/h6-11,13,17H,2-5,12,14-15H2,1H3. The molecule has 0 saturated heterocycles. The average Bonchev–Trinajstić information content (AvgIpc) is 3.44. The fraction of sp³-hybridized carbons (Fsp3) is 0.391. The molecular weight excluding hydrogens is 362 g/mol. The Morgan fingerprint density at radius 3 is 2.62 bits per heavy atom. The molecular formula is C23H25N5O. The molecule has 0 N–H and O–H groups in total. The van der Waals surface area contributed by atoms with Gasteiger partial charge in [-0.25, -0.2) is 19.9 Å². The molecule has 1 saturated carbocycles. The maximum Gasteiger partial charge on any atom is 0.226 e. The molecule has 0 amide bonds. The van der Waals surface area contributed by atoms with Gasteiger partial charge >= 0.3 is 0 Å².